The van der Waals surface area contributed by atoms with Crippen LogP contribution in [0.25, 0.3) is 0 Å². The van der Waals surface area contributed by atoms with Crippen molar-refractivity contribution in [1.29, 1.82) is 0 Å². The van der Waals surface area contributed by atoms with Crippen molar-refractivity contribution in [2.24, 2.45) is 17.4 Å². The summed E-state index contributed by atoms with van der Waals surface area (Å²) in [6.45, 7) is 4.84. The number of carbonyl (C=O) groups is 5. The lowest BCUT2D eigenvalue weighted by molar-refractivity contribution is -0.143. The summed E-state index contributed by atoms with van der Waals surface area (Å²) in [5, 5.41) is 16.9. The maximum Gasteiger partial charge on any atom is 0.326 e. The maximum absolute atomic E-state index is 13.0. The Labute approximate surface area is 192 Å². The maximum atomic E-state index is 13.0. The van der Waals surface area contributed by atoms with Gasteiger partial charge in [-0.3, -0.25) is 19.2 Å². The van der Waals surface area contributed by atoms with E-state index in [1.807, 2.05) is 6.07 Å². The van der Waals surface area contributed by atoms with Gasteiger partial charge in [-0.15, -0.1) is 0 Å². The number of amides is 4. The standard InChI is InChI=1S/C22H33N5O6/c1-12(2)18(21(31)25-15(22(32)33)9-10-17(24)28)27-20(30)16(26-19(29)13(3)23)11-14-7-5-4-6-8-14/h4-8,12-13,15-16,18H,9-11,23H2,1-3H3,(H2,24,28)(H,25,31)(H,26,29)(H,27,30)(H,32,33). The van der Waals surface area contributed by atoms with Crippen LogP contribution in [-0.2, 0) is 30.4 Å². The first-order valence-electron chi connectivity index (χ1n) is 10.6. The molecule has 0 aromatic heterocycles. The Morgan fingerprint density at radius 2 is 1.45 bits per heavy atom. The van der Waals surface area contributed by atoms with E-state index in [2.05, 4.69) is 16.0 Å². The van der Waals surface area contributed by atoms with E-state index < -0.39 is 59.7 Å². The first-order valence-corrected chi connectivity index (χ1v) is 10.6. The van der Waals surface area contributed by atoms with Crippen LogP contribution >= 0.6 is 0 Å². The lowest BCUT2D eigenvalue weighted by atomic mass is 10.00. The largest absolute Gasteiger partial charge is 0.480 e. The Bertz CT molecular complexity index is 843. The number of nitrogens with two attached hydrogens (primary N) is 2. The van der Waals surface area contributed by atoms with Gasteiger partial charge in [-0.05, 0) is 24.8 Å². The van der Waals surface area contributed by atoms with Crippen LogP contribution < -0.4 is 27.4 Å². The summed E-state index contributed by atoms with van der Waals surface area (Å²) in [7, 11) is 0. The minimum absolute atomic E-state index is 0.161. The fourth-order valence-electron chi connectivity index (χ4n) is 2.96. The average molecular weight is 464 g/mol. The molecule has 0 fully saturated rings. The molecule has 0 heterocycles. The summed E-state index contributed by atoms with van der Waals surface area (Å²) in [4.78, 5) is 60.4. The van der Waals surface area contributed by atoms with Crippen molar-refractivity contribution < 1.29 is 29.1 Å². The molecule has 11 heteroatoms. The first-order chi connectivity index (χ1) is 15.4. The number of carbonyl (C=O) groups excluding carboxylic acids is 4. The predicted molar refractivity (Wildman–Crippen MR) is 120 cm³/mol. The Morgan fingerprint density at radius 3 is 1.94 bits per heavy atom. The van der Waals surface area contributed by atoms with Crippen LogP contribution in [0.1, 0.15) is 39.2 Å². The van der Waals surface area contributed by atoms with Crippen LogP contribution in [-0.4, -0.2) is 58.9 Å². The number of carboxylic acids is 1. The fourth-order valence-corrected chi connectivity index (χ4v) is 2.96. The summed E-state index contributed by atoms with van der Waals surface area (Å²) >= 11 is 0. The van der Waals surface area contributed by atoms with Gasteiger partial charge in [-0.1, -0.05) is 44.2 Å². The van der Waals surface area contributed by atoms with E-state index >= 15 is 0 Å². The highest BCUT2D eigenvalue weighted by molar-refractivity contribution is 5.94. The average Bonchev–Trinajstić information content (AvgIpc) is 2.74. The molecule has 1 aromatic carbocycles. The van der Waals surface area contributed by atoms with Gasteiger partial charge in [0.1, 0.15) is 18.1 Å². The third-order valence-electron chi connectivity index (χ3n) is 4.87. The third-order valence-corrected chi connectivity index (χ3v) is 4.87. The molecule has 8 N–H and O–H groups in total. The van der Waals surface area contributed by atoms with Crippen molar-refractivity contribution in [3.8, 4) is 0 Å². The van der Waals surface area contributed by atoms with Gasteiger partial charge in [0.15, 0.2) is 0 Å². The quantitative estimate of drug-likeness (QED) is 0.217. The number of hydrogen-bond donors (Lipinski definition) is 6. The molecule has 0 aliphatic heterocycles. The molecule has 182 valence electrons. The van der Waals surface area contributed by atoms with Gasteiger partial charge in [0.2, 0.25) is 23.6 Å². The van der Waals surface area contributed by atoms with Gasteiger partial charge in [0.05, 0.1) is 6.04 Å². The highest BCUT2D eigenvalue weighted by Gasteiger charge is 2.31. The molecule has 0 saturated carbocycles. The molecule has 0 radical (unpaired) electrons. The number of benzene rings is 1. The van der Waals surface area contributed by atoms with Crippen molar-refractivity contribution >= 4 is 29.6 Å². The Morgan fingerprint density at radius 1 is 0.879 bits per heavy atom. The SMILES string of the molecule is CC(N)C(=O)NC(Cc1ccccc1)C(=O)NC(C(=O)NC(CCC(N)=O)C(=O)O)C(C)C. The number of primary amides is 1. The van der Waals surface area contributed by atoms with Crippen LogP contribution in [0.15, 0.2) is 30.3 Å². The van der Waals surface area contributed by atoms with Crippen molar-refractivity contribution in [3.05, 3.63) is 35.9 Å². The molecular formula is C22H33N5O6. The topological polar surface area (TPSA) is 194 Å². The second kappa shape index (κ2) is 13.2. The lowest BCUT2D eigenvalue weighted by Gasteiger charge is -2.27. The van der Waals surface area contributed by atoms with Crippen LogP contribution in [0.4, 0.5) is 0 Å². The lowest BCUT2D eigenvalue weighted by Crippen LogP contribution is -2.58. The number of hydrogen-bond acceptors (Lipinski definition) is 6. The van der Waals surface area contributed by atoms with Crippen LogP contribution in [0.5, 0.6) is 0 Å². The fraction of sp³-hybridized carbons (Fsp3) is 0.500. The number of carboxylic acid groups (broad SMARTS) is 1. The predicted octanol–water partition coefficient (Wildman–Crippen LogP) is -0.963. The third kappa shape index (κ3) is 9.69. The second-order valence-corrected chi connectivity index (χ2v) is 8.17. The highest BCUT2D eigenvalue weighted by atomic mass is 16.4. The molecule has 11 nitrogen and oxygen atoms in total. The molecule has 0 spiro atoms. The minimum Gasteiger partial charge on any atom is -0.480 e. The minimum atomic E-state index is -1.35. The molecule has 4 unspecified atom stereocenters. The van der Waals surface area contributed by atoms with Gasteiger partial charge in [0, 0.05) is 12.8 Å². The summed E-state index contributed by atoms with van der Waals surface area (Å²) in [6.07, 6.45) is -0.247. The second-order valence-electron chi connectivity index (χ2n) is 8.17. The van der Waals surface area contributed by atoms with E-state index in [9.17, 15) is 29.1 Å². The van der Waals surface area contributed by atoms with Crippen LogP contribution in [0, 0.1) is 5.92 Å². The van der Waals surface area contributed by atoms with Crippen molar-refractivity contribution in [1.82, 2.24) is 16.0 Å². The molecule has 1 rings (SSSR count). The summed E-state index contributed by atoms with van der Waals surface area (Å²) in [6, 6.07) is 4.70. The zero-order valence-corrected chi connectivity index (χ0v) is 19.0. The molecule has 0 bridgehead atoms. The van der Waals surface area contributed by atoms with Gasteiger partial charge in [-0.2, -0.15) is 0 Å². The molecule has 0 aliphatic carbocycles. The van der Waals surface area contributed by atoms with Crippen molar-refractivity contribution in [2.45, 2.75) is 64.2 Å². The monoisotopic (exact) mass is 463 g/mol. The van der Waals surface area contributed by atoms with E-state index in [-0.39, 0.29) is 19.3 Å². The van der Waals surface area contributed by atoms with Crippen LogP contribution in [0.3, 0.4) is 0 Å². The van der Waals surface area contributed by atoms with E-state index in [4.69, 9.17) is 11.5 Å². The number of rotatable bonds is 13. The highest BCUT2D eigenvalue weighted by Crippen LogP contribution is 2.08. The molecule has 33 heavy (non-hydrogen) atoms. The molecule has 0 aliphatic rings. The summed E-state index contributed by atoms with van der Waals surface area (Å²) < 4.78 is 0. The zero-order chi connectivity index (χ0) is 25.1. The van der Waals surface area contributed by atoms with E-state index in [0.717, 1.165) is 5.56 Å². The number of aliphatic carboxylic acids is 1. The Balaban J connectivity index is 3.00. The molecule has 4 amide bonds. The molecule has 1 aromatic rings. The van der Waals surface area contributed by atoms with Crippen LogP contribution in [0.2, 0.25) is 0 Å². The van der Waals surface area contributed by atoms with Crippen molar-refractivity contribution in [3.63, 3.8) is 0 Å². The van der Waals surface area contributed by atoms with E-state index in [1.54, 1.807) is 38.1 Å². The number of nitrogens with one attached hydrogen (secondary N) is 3. The molecule has 4 atom stereocenters. The molecule has 0 saturated heterocycles. The summed E-state index contributed by atoms with van der Waals surface area (Å²) in [5.74, 6) is -4.31. The van der Waals surface area contributed by atoms with Gasteiger partial charge in [0.25, 0.3) is 0 Å². The Hall–Kier alpha value is -3.47. The van der Waals surface area contributed by atoms with Gasteiger partial charge < -0.3 is 32.5 Å². The normalized spacial score (nSPS) is 14.5. The zero-order valence-electron chi connectivity index (χ0n) is 19.0. The van der Waals surface area contributed by atoms with E-state index in [1.165, 1.54) is 6.92 Å². The van der Waals surface area contributed by atoms with Gasteiger partial charge in [-0.25, -0.2) is 4.79 Å². The Kier molecular flexibility index (Phi) is 11.0. The first kappa shape index (κ1) is 27.6. The van der Waals surface area contributed by atoms with Crippen molar-refractivity contribution in [2.75, 3.05) is 0 Å². The van der Waals surface area contributed by atoms with E-state index in [0.29, 0.717) is 0 Å². The summed E-state index contributed by atoms with van der Waals surface area (Å²) in [5.41, 5.74) is 11.5. The molecular weight excluding hydrogens is 430 g/mol. The van der Waals surface area contributed by atoms with Gasteiger partial charge >= 0.3 is 5.97 Å². The smallest absolute Gasteiger partial charge is 0.326 e.